The summed E-state index contributed by atoms with van der Waals surface area (Å²) < 4.78 is 1.72. The SMILES string of the molecule is CCNC(=O)NC(=O)CSc1nc2cc(Cl)ccc2c(=O)n1C1CCCCC1. The van der Waals surface area contributed by atoms with Crippen LogP contribution in [0.1, 0.15) is 45.1 Å². The van der Waals surface area contributed by atoms with Crippen LogP contribution in [0.15, 0.2) is 28.2 Å². The molecular formula is C19H23ClN4O3S. The van der Waals surface area contributed by atoms with Crippen LogP contribution >= 0.6 is 23.4 Å². The summed E-state index contributed by atoms with van der Waals surface area (Å²) in [4.78, 5) is 41.4. The Morgan fingerprint density at radius 3 is 2.75 bits per heavy atom. The van der Waals surface area contributed by atoms with Gasteiger partial charge in [-0.3, -0.25) is 19.5 Å². The van der Waals surface area contributed by atoms with E-state index in [1.807, 2.05) is 0 Å². The van der Waals surface area contributed by atoms with E-state index in [1.165, 1.54) is 6.42 Å². The smallest absolute Gasteiger partial charge is 0.321 e. The van der Waals surface area contributed by atoms with Crippen LogP contribution in [0.3, 0.4) is 0 Å². The lowest BCUT2D eigenvalue weighted by Gasteiger charge is -2.26. The molecule has 7 nitrogen and oxygen atoms in total. The topological polar surface area (TPSA) is 93.1 Å². The van der Waals surface area contributed by atoms with Crippen LogP contribution in [0.5, 0.6) is 0 Å². The average molecular weight is 423 g/mol. The molecule has 150 valence electrons. The summed E-state index contributed by atoms with van der Waals surface area (Å²) in [6.07, 6.45) is 5.13. The van der Waals surface area contributed by atoms with Crippen LogP contribution < -0.4 is 16.2 Å². The summed E-state index contributed by atoms with van der Waals surface area (Å²) in [5, 5.41) is 6.28. The number of amides is 3. The maximum atomic E-state index is 13.2. The number of hydrogen-bond acceptors (Lipinski definition) is 5. The molecule has 1 saturated carbocycles. The molecule has 0 saturated heterocycles. The second-order valence-electron chi connectivity index (χ2n) is 6.72. The fourth-order valence-electron chi connectivity index (χ4n) is 3.41. The van der Waals surface area contributed by atoms with Gasteiger partial charge in [-0.1, -0.05) is 42.6 Å². The van der Waals surface area contributed by atoms with Gasteiger partial charge in [-0.15, -0.1) is 0 Å². The van der Waals surface area contributed by atoms with Crippen molar-refractivity contribution in [1.82, 2.24) is 20.2 Å². The van der Waals surface area contributed by atoms with Gasteiger partial charge in [0, 0.05) is 17.6 Å². The van der Waals surface area contributed by atoms with E-state index in [2.05, 4.69) is 15.6 Å². The van der Waals surface area contributed by atoms with Crippen molar-refractivity contribution in [2.75, 3.05) is 12.3 Å². The van der Waals surface area contributed by atoms with Gasteiger partial charge in [-0.2, -0.15) is 0 Å². The molecule has 1 aromatic heterocycles. The number of imide groups is 1. The molecule has 0 bridgehead atoms. The summed E-state index contributed by atoms with van der Waals surface area (Å²) in [5.41, 5.74) is 0.399. The minimum atomic E-state index is -0.531. The lowest BCUT2D eigenvalue weighted by molar-refractivity contribution is -0.117. The van der Waals surface area contributed by atoms with E-state index in [-0.39, 0.29) is 17.4 Å². The van der Waals surface area contributed by atoms with Gasteiger partial charge >= 0.3 is 6.03 Å². The number of carbonyl (C=O) groups is 2. The van der Waals surface area contributed by atoms with Gasteiger partial charge in [0.2, 0.25) is 5.91 Å². The fraction of sp³-hybridized carbons (Fsp3) is 0.474. The Morgan fingerprint density at radius 2 is 2.04 bits per heavy atom. The van der Waals surface area contributed by atoms with Crippen LogP contribution in [-0.2, 0) is 4.79 Å². The molecular weight excluding hydrogens is 400 g/mol. The van der Waals surface area contributed by atoms with Gasteiger partial charge in [0.05, 0.1) is 16.7 Å². The van der Waals surface area contributed by atoms with Crippen molar-refractivity contribution in [3.05, 3.63) is 33.6 Å². The number of thioether (sulfide) groups is 1. The molecule has 1 aliphatic rings. The highest BCUT2D eigenvalue weighted by Crippen LogP contribution is 2.31. The largest absolute Gasteiger partial charge is 0.338 e. The zero-order valence-electron chi connectivity index (χ0n) is 15.7. The molecule has 3 rings (SSSR count). The van der Waals surface area contributed by atoms with Gasteiger partial charge < -0.3 is 5.32 Å². The number of halogens is 1. The van der Waals surface area contributed by atoms with E-state index in [1.54, 1.807) is 29.7 Å². The molecule has 1 fully saturated rings. The third-order valence-corrected chi connectivity index (χ3v) is 5.88. The first-order chi connectivity index (χ1) is 13.5. The molecule has 0 aliphatic heterocycles. The van der Waals surface area contributed by atoms with Crippen LogP contribution in [0.2, 0.25) is 5.02 Å². The molecule has 0 unspecified atom stereocenters. The van der Waals surface area contributed by atoms with Gasteiger partial charge in [0.15, 0.2) is 5.16 Å². The lowest BCUT2D eigenvalue weighted by atomic mass is 9.95. The summed E-state index contributed by atoms with van der Waals surface area (Å²) in [6, 6.07) is 4.58. The number of nitrogens with one attached hydrogen (secondary N) is 2. The Labute approximate surface area is 172 Å². The Kier molecular flexibility index (Phi) is 6.96. The Bertz CT molecular complexity index is 941. The highest BCUT2D eigenvalue weighted by atomic mass is 35.5. The lowest BCUT2D eigenvalue weighted by Crippen LogP contribution is -2.40. The molecule has 9 heteroatoms. The van der Waals surface area contributed by atoms with Crippen LogP contribution in [0.25, 0.3) is 10.9 Å². The van der Waals surface area contributed by atoms with E-state index in [0.717, 1.165) is 37.4 Å². The number of carbonyl (C=O) groups excluding carboxylic acids is 2. The Balaban J connectivity index is 1.91. The first-order valence-electron chi connectivity index (χ1n) is 9.42. The number of nitrogens with zero attached hydrogens (tertiary/aromatic N) is 2. The standard InChI is InChI=1S/C19H23ClN4O3S/c1-2-21-18(27)23-16(25)11-28-19-22-15-10-12(20)8-9-14(15)17(26)24(19)13-6-4-3-5-7-13/h8-10,13H,2-7,11H2,1H3,(H2,21,23,25,27). The van der Waals surface area contributed by atoms with E-state index >= 15 is 0 Å². The normalized spacial score (nSPS) is 14.8. The van der Waals surface area contributed by atoms with Crippen molar-refractivity contribution < 1.29 is 9.59 Å². The van der Waals surface area contributed by atoms with Gasteiger partial charge in [0.1, 0.15) is 0 Å². The van der Waals surface area contributed by atoms with Crippen molar-refractivity contribution in [2.45, 2.75) is 50.2 Å². The molecule has 0 spiro atoms. The van der Waals surface area contributed by atoms with Crippen molar-refractivity contribution in [2.24, 2.45) is 0 Å². The van der Waals surface area contributed by atoms with Crippen molar-refractivity contribution in [3.8, 4) is 0 Å². The molecule has 0 radical (unpaired) electrons. The highest BCUT2D eigenvalue weighted by molar-refractivity contribution is 7.99. The van der Waals surface area contributed by atoms with Crippen LogP contribution in [0, 0.1) is 0 Å². The number of hydrogen-bond donors (Lipinski definition) is 2. The quantitative estimate of drug-likeness (QED) is 0.568. The molecule has 3 amide bonds. The Morgan fingerprint density at radius 1 is 1.29 bits per heavy atom. The molecule has 28 heavy (non-hydrogen) atoms. The zero-order valence-corrected chi connectivity index (χ0v) is 17.2. The summed E-state index contributed by atoms with van der Waals surface area (Å²) >= 11 is 7.22. The first-order valence-corrected chi connectivity index (χ1v) is 10.8. The monoisotopic (exact) mass is 422 g/mol. The summed E-state index contributed by atoms with van der Waals surface area (Å²) in [5.74, 6) is -0.450. The molecule has 1 heterocycles. The summed E-state index contributed by atoms with van der Waals surface area (Å²) in [6.45, 7) is 2.20. The average Bonchev–Trinajstić information content (AvgIpc) is 2.67. The number of aromatic nitrogens is 2. The minimum Gasteiger partial charge on any atom is -0.338 e. The third kappa shape index (κ3) is 4.86. The molecule has 2 N–H and O–H groups in total. The molecule has 1 aromatic carbocycles. The number of urea groups is 1. The molecule has 2 aromatic rings. The van der Waals surface area contributed by atoms with Gasteiger partial charge in [-0.25, -0.2) is 9.78 Å². The van der Waals surface area contributed by atoms with E-state index in [9.17, 15) is 14.4 Å². The minimum absolute atomic E-state index is 0.0115. The van der Waals surface area contributed by atoms with E-state index in [4.69, 9.17) is 11.6 Å². The fourth-order valence-corrected chi connectivity index (χ4v) is 4.44. The zero-order chi connectivity index (χ0) is 20.1. The predicted octanol–water partition coefficient (Wildman–Crippen LogP) is 3.49. The van der Waals surface area contributed by atoms with Gasteiger partial charge in [-0.05, 0) is 38.0 Å². The van der Waals surface area contributed by atoms with Crippen LogP contribution in [-0.4, -0.2) is 33.8 Å². The summed E-state index contributed by atoms with van der Waals surface area (Å²) in [7, 11) is 0. The molecule has 1 aliphatic carbocycles. The highest BCUT2D eigenvalue weighted by Gasteiger charge is 2.22. The maximum absolute atomic E-state index is 13.2. The Hall–Kier alpha value is -2.06. The maximum Gasteiger partial charge on any atom is 0.321 e. The molecule has 0 atom stereocenters. The van der Waals surface area contributed by atoms with Crippen LogP contribution in [0.4, 0.5) is 4.79 Å². The van der Waals surface area contributed by atoms with E-state index in [0.29, 0.717) is 27.6 Å². The number of rotatable bonds is 5. The second kappa shape index (κ2) is 9.43. The van der Waals surface area contributed by atoms with Crippen molar-refractivity contribution in [3.63, 3.8) is 0 Å². The van der Waals surface area contributed by atoms with Crippen molar-refractivity contribution in [1.29, 1.82) is 0 Å². The second-order valence-corrected chi connectivity index (χ2v) is 8.10. The first kappa shape index (κ1) is 20.7. The third-order valence-electron chi connectivity index (χ3n) is 4.69. The predicted molar refractivity (Wildman–Crippen MR) is 111 cm³/mol. The number of benzene rings is 1. The van der Waals surface area contributed by atoms with E-state index < -0.39 is 11.9 Å². The van der Waals surface area contributed by atoms with Crippen molar-refractivity contribution >= 4 is 46.2 Å². The van der Waals surface area contributed by atoms with Gasteiger partial charge in [0.25, 0.3) is 5.56 Å². The number of fused-ring (bicyclic) bond motifs is 1.